The van der Waals surface area contributed by atoms with Gasteiger partial charge in [0.2, 0.25) is 0 Å². The Kier molecular flexibility index (Phi) is 1.21. The van der Waals surface area contributed by atoms with Crippen molar-refractivity contribution >= 4 is 5.71 Å². The first-order valence-electron chi connectivity index (χ1n) is 2.66. The molecule has 1 rings (SSSR count). The molecule has 0 aliphatic carbocycles. The van der Waals surface area contributed by atoms with Crippen LogP contribution in [0.25, 0.3) is 0 Å². The van der Waals surface area contributed by atoms with Gasteiger partial charge in [-0.25, -0.2) is 0 Å². The van der Waals surface area contributed by atoms with E-state index in [0.717, 1.165) is 5.71 Å². The summed E-state index contributed by atoms with van der Waals surface area (Å²) in [6.45, 7) is 4.00. The summed E-state index contributed by atoms with van der Waals surface area (Å²) in [5.41, 5.74) is 1.03. The molecule has 0 saturated heterocycles. The van der Waals surface area contributed by atoms with E-state index < -0.39 is 0 Å². The van der Waals surface area contributed by atoms with Gasteiger partial charge < -0.3 is 0 Å². The maximum Gasteiger partial charge on any atom is 0.0865 e. The molecule has 0 aromatic carbocycles. The van der Waals surface area contributed by atoms with Gasteiger partial charge in [-0.3, -0.25) is 4.94 Å². The van der Waals surface area contributed by atoms with E-state index in [1.165, 1.54) is 0 Å². The highest BCUT2D eigenvalue weighted by Gasteiger charge is 2.19. The summed E-state index contributed by atoms with van der Waals surface area (Å²) < 4.78 is 0. The Morgan fingerprint density at radius 2 is 2.38 bits per heavy atom. The van der Waals surface area contributed by atoms with Crippen LogP contribution in [0.15, 0.2) is 5.16 Å². The predicted octanol–water partition coefficient (Wildman–Crippen LogP) is 0.628. The lowest BCUT2D eigenvalue weighted by molar-refractivity contribution is -0.128. The third-order valence-corrected chi connectivity index (χ3v) is 1.46. The molecule has 1 aliphatic heterocycles. The van der Waals surface area contributed by atoms with Crippen molar-refractivity contribution in [2.75, 3.05) is 7.05 Å². The molecular weight excluding hydrogens is 104 g/mol. The summed E-state index contributed by atoms with van der Waals surface area (Å²) in [6.07, 6.45) is 0. The molecule has 0 aromatic heterocycles. The second kappa shape index (κ2) is 1.74. The molecule has 1 atom stereocenters. The molecule has 8 heavy (non-hydrogen) atoms. The van der Waals surface area contributed by atoms with Gasteiger partial charge in [-0.2, -0.15) is 0 Å². The molecule has 3 nitrogen and oxygen atoms in total. The SMILES string of the molecule is CC1=NON(C)C1C. The van der Waals surface area contributed by atoms with Crippen molar-refractivity contribution in [3.63, 3.8) is 0 Å². The monoisotopic (exact) mass is 114 g/mol. The zero-order valence-electron chi connectivity index (χ0n) is 5.38. The van der Waals surface area contributed by atoms with E-state index in [-0.39, 0.29) is 0 Å². The topological polar surface area (TPSA) is 24.8 Å². The molecule has 0 radical (unpaired) electrons. The largest absolute Gasteiger partial charge is 0.297 e. The van der Waals surface area contributed by atoms with Gasteiger partial charge in [0.15, 0.2) is 0 Å². The Bertz CT molecular complexity index is 122. The van der Waals surface area contributed by atoms with Gasteiger partial charge in [-0.15, -0.1) is 5.06 Å². The van der Waals surface area contributed by atoms with Crippen LogP contribution in [0.4, 0.5) is 0 Å². The number of hydrogen-bond donors (Lipinski definition) is 0. The molecule has 0 bridgehead atoms. The normalized spacial score (nSPS) is 29.9. The molecule has 1 aliphatic rings. The lowest BCUT2D eigenvalue weighted by atomic mass is 10.2. The molecule has 46 valence electrons. The van der Waals surface area contributed by atoms with Crippen molar-refractivity contribution in [2.24, 2.45) is 5.16 Å². The average molecular weight is 114 g/mol. The maximum absolute atomic E-state index is 4.80. The van der Waals surface area contributed by atoms with Crippen LogP contribution in [0, 0.1) is 0 Å². The lowest BCUT2D eigenvalue weighted by Crippen LogP contribution is -2.26. The first-order chi connectivity index (χ1) is 3.72. The Balaban J connectivity index is 2.59. The summed E-state index contributed by atoms with van der Waals surface area (Å²) in [5.74, 6) is 0. The summed E-state index contributed by atoms with van der Waals surface area (Å²) >= 11 is 0. The Morgan fingerprint density at radius 1 is 1.75 bits per heavy atom. The van der Waals surface area contributed by atoms with E-state index in [0.29, 0.717) is 6.04 Å². The first-order valence-corrected chi connectivity index (χ1v) is 2.66. The third kappa shape index (κ3) is 0.690. The number of hydroxylamine groups is 2. The zero-order valence-corrected chi connectivity index (χ0v) is 5.38. The summed E-state index contributed by atoms with van der Waals surface area (Å²) in [4.78, 5) is 4.80. The van der Waals surface area contributed by atoms with Crippen molar-refractivity contribution in [1.29, 1.82) is 0 Å². The van der Waals surface area contributed by atoms with Gasteiger partial charge in [0.05, 0.1) is 11.8 Å². The van der Waals surface area contributed by atoms with Crippen molar-refractivity contribution in [2.45, 2.75) is 19.9 Å². The van der Waals surface area contributed by atoms with Gasteiger partial charge >= 0.3 is 0 Å². The summed E-state index contributed by atoms with van der Waals surface area (Å²) in [6, 6.07) is 0.343. The van der Waals surface area contributed by atoms with E-state index in [1.54, 1.807) is 5.06 Å². The molecule has 0 aromatic rings. The van der Waals surface area contributed by atoms with Gasteiger partial charge in [-0.1, -0.05) is 5.16 Å². The van der Waals surface area contributed by atoms with Crippen LogP contribution in [0.3, 0.4) is 0 Å². The van der Waals surface area contributed by atoms with E-state index in [1.807, 2.05) is 20.9 Å². The molecule has 0 N–H and O–H groups in total. The van der Waals surface area contributed by atoms with E-state index in [4.69, 9.17) is 4.94 Å². The Morgan fingerprint density at radius 3 is 2.50 bits per heavy atom. The number of nitrogens with zero attached hydrogens (tertiary/aromatic N) is 2. The predicted molar refractivity (Wildman–Crippen MR) is 31.4 cm³/mol. The second-order valence-electron chi connectivity index (χ2n) is 2.04. The number of rotatable bonds is 0. The standard InChI is InChI=1S/C5H10N2O/c1-4-5(2)7(3)8-6-4/h5H,1-3H3. The van der Waals surface area contributed by atoms with Gasteiger partial charge in [0.25, 0.3) is 0 Å². The van der Waals surface area contributed by atoms with Gasteiger partial charge in [-0.05, 0) is 13.8 Å². The minimum Gasteiger partial charge on any atom is -0.297 e. The molecule has 3 heteroatoms. The second-order valence-corrected chi connectivity index (χ2v) is 2.04. The van der Waals surface area contributed by atoms with E-state index in [2.05, 4.69) is 5.16 Å². The number of oxime groups is 1. The van der Waals surface area contributed by atoms with Crippen molar-refractivity contribution < 1.29 is 4.94 Å². The minimum atomic E-state index is 0.343. The molecule has 0 fully saturated rings. The highest BCUT2D eigenvalue weighted by Crippen LogP contribution is 2.06. The van der Waals surface area contributed by atoms with Crippen LogP contribution >= 0.6 is 0 Å². The zero-order chi connectivity index (χ0) is 6.15. The Hall–Kier alpha value is -0.570. The van der Waals surface area contributed by atoms with E-state index >= 15 is 0 Å². The Labute approximate surface area is 48.9 Å². The molecular formula is C5H10N2O. The van der Waals surface area contributed by atoms with Crippen LogP contribution < -0.4 is 0 Å². The maximum atomic E-state index is 4.80. The van der Waals surface area contributed by atoms with Crippen LogP contribution in [0.1, 0.15) is 13.8 Å². The van der Waals surface area contributed by atoms with Crippen LogP contribution in [-0.2, 0) is 4.94 Å². The fourth-order valence-corrected chi connectivity index (χ4v) is 0.539. The third-order valence-electron chi connectivity index (χ3n) is 1.46. The van der Waals surface area contributed by atoms with Crippen molar-refractivity contribution in [3.05, 3.63) is 0 Å². The molecule has 0 spiro atoms. The molecule has 1 unspecified atom stereocenters. The van der Waals surface area contributed by atoms with Crippen molar-refractivity contribution in [1.82, 2.24) is 5.06 Å². The highest BCUT2D eigenvalue weighted by molar-refractivity contribution is 5.86. The van der Waals surface area contributed by atoms with Gasteiger partial charge in [0.1, 0.15) is 0 Å². The summed E-state index contributed by atoms with van der Waals surface area (Å²) in [5, 5.41) is 5.46. The van der Waals surface area contributed by atoms with Crippen molar-refractivity contribution in [3.8, 4) is 0 Å². The highest BCUT2D eigenvalue weighted by atomic mass is 16.8. The number of hydrogen-bond acceptors (Lipinski definition) is 3. The molecule has 0 amide bonds. The van der Waals surface area contributed by atoms with E-state index in [9.17, 15) is 0 Å². The fraction of sp³-hybridized carbons (Fsp3) is 0.800. The minimum absolute atomic E-state index is 0.343. The summed E-state index contributed by atoms with van der Waals surface area (Å²) in [7, 11) is 1.87. The smallest absolute Gasteiger partial charge is 0.0865 e. The van der Waals surface area contributed by atoms with Crippen LogP contribution in [-0.4, -0.2) is 23.9 Å². The average Bonchev–Trinajstić information content (AvgIpc) is 1.98. The fourth-order valence-electron chi connectivity index (χ4n) is 0.539. The molecule has 0 saturated carbocycles. The quantitative estimate of drug-likeness (QED) is 0.461. The first kappa shape index (κ1) is 5.56. The van der Waals surface area contributed by atoms with Gasteiger partial charge in [0, 0.05) is 7.05 Å². The van der Waals surface area contributed by atoms with Crippen LogP contribution in [0.5, 0.6) is 0 Å². The molecule has 1 heterocycles. The van der Waals surface area contributed by atoms with Crippen LogP contribution in [0.2, 0.25) is 0 Å². The lowest BCUT2D eigenvalue weighted by Gasteiger charge is -2.09.